The molecule has 1 heterocycles. The maximum absolute atomic E-state index is 3.48. The lowest BCUT2D eigenvalue weighted by Gasteiger charge is -2.40. The highest BCUT2D eigenvalue weighted by molar-refractivity contribution is 4.85. The molecule has 0 radical (unpaired) electrons. The molecule has 1 fully saturated rings. The van der Waals surface area contributed by atoms with Crippen molar-refractivity contribution >= 4 is 0 Å². The lowest BCUT2D eigenvalue weighted by molar-refractivity contribution is 0.106. The number of rotatable bonds is 5. The van der Waals surface area contributed by atoms with Crippen molar-refractivity contribution in [1.82, 2.24) is 15.1 Å². The number of hydrogen-bond donors (Lipinski definition) is 1. The molecule has 0 spiro atoms. The Bertz CT molecular complexity index is 226. The van der Waals surface area contributed by atoms with E-state index >= 15 is 0 Å². The first-order valence-electron chi connectivity index (χ1n) is 7.48. The van der Waals surface area contributed by atoms with Crippen LogP contribution in [0.5, 0.6) is 0 Å². The van der Waals surface area contributed by atoms with Gasteiger partial charge in [-0.3, -0.25) is 0 Å². The van der Waals surface area contributed by atoms with Gasteiger partial charge in [0, 0.05) is 18.6 Å². The summed E-state index contributed by atoms with van der Waals surface area (Å²) in [6, 6.07) is 1.33. The maximum atomic E-state index is 3.48. The molecule has 3 heteroatoms. The van der Waals surface area contributed by atoms with E-state index in [0.717, 1.165) is 12.6 Å². The van der Waals surface area contributed by atoms with Crippen LogP contribution in [-0.2, 0) is 0 Å². The van der Waals surface area contributed by atoms with Crippen LogP contribution in [0.3, 0.4) is 0 Å². The molecule has 18 heavy (non-hydrogen) atoms. The summed E-state index contributed by atoms with van der Waals surface area (Å²) in [5, 5.41) is 3.48. The molecular formula is C15H33N3. The molecule has 0 amide bonds. The van der Waals surface area contributed by atoms with Gasteiger partial charge in [-0.15, -0.1) is 0 Å². The quantitative estimate of drug-likeness (QED) is 0.811. The molecule has 1 aliphatic rings. The van der Waals surface area contributed by atoms with E-state index in [4.69, 9.17) is 0 Å². The summed E-state index contributed by atoms with van der Waals surface area (Å²) in [6.45, 7) is 14.1. The van der Waals surface area contributed by atoms with E-state index in [1.54, 1.807) is 0 Å². The highest BCUT2D eigenvalue weighted by Gasteiger charge is 2.28. The minimum absolute atomic E-state index is 0.327. The van der Waals surface area contributed by atoms with Gasteiger partial charge in [0.2, 0.25) is 0 Å². The summed E-state index contributed by atoms with van der Waals surface area (Å²) in [5.74, 6) is 0. The Labute approximate surface area is 114 Å². The summed E-state index contributed by atoms with van der Waals surface area (Å²) in [5.41, 5.74) is 0.327. The third-order valence-corrected chi connectivity index (χ3v) is 4.49. The topological polar surface area (TPSA) is 18.5 Å². The molecule has 1 rings (SSSR count). The average molecular weight is 255 g/mol. The molecular weight excluding hydrogens is 222 g/mol. The second kappa shape index (κ2) is 6.88. The van der Waals surface area contributed by atoms with Crippen molar-refractivity contribution in [2.75, 3.05) is 40.3 Å². The van der Waals surface area contributed by atoms with Crippen LogP contribution in [0, 0.1) is 5.41 Å². The van der Waals surface area contributed by atoms with Crippen LogP contribution in [-0.4, -0.2) is 62.2 Å². The average Bonchev–Trinajstić information content (AvgIpc) is 2.34. The van der Waals surface area contributed by atoms with Crippen molar-refractivity contribution in [2.24, 2.45) is 5.41 Å². The van der Waals surface area contributed by atoms with Gasteiger partial charge >= 0.3 is 0 Å². The zero-order chi connectivity index (χ0) is 13.8. The van der Waals surface area contributed by atoms with Crippen LogP contribution in [0.1, 0.15) is 40.5 Å². The van der Waals surface area contributed by atoms with Gasteiger partial charge in [-0.1, -0.05) is 27.7 Å². The van der Waals surface area contributed by atoms with Crippen LogP contribution in [0.4, 0.5) is 0 Å². The predicted molar refractivity (Wildman–Crippen MR) is 80.1 cm³/mol. The van der Waals surface area contributed by atoms with Crippen LogP contribution >= 0.6 is 0 Å². The SMILES string of the molecule is CCN1CCC(N(C)CC(NC)C(C)(C)C)CC1. The first-order chi connectivity index (χ1) is 8.38. The maximum Gasteiger partial charge on any atom is 0.0240 e. The van der Waals surface area contributed by atoms with E-state index in [2.05, 4.69) is 56.9 Å². The summed E-state index contributed by atoms with van der Waals surface area (Å²) < 4.78 is 0. The van der Waals surface area contributed by atoms with Crippen LogP contribution < -0.4 is 5.32 Å². The third-order valence-electron chi connectivity index (χ3n) is 4.49. The molecule has 0 aliphatic carbocycles. The number of nitrogens with zero attached hydrogens (tertiary/aromatic N) is 2. The Morgan fingerprint density at radius 2 is 1.83 bits per heavy atom. The van der Waals surface area contributed by atoms with Gasteiger partial charge in [-0.2, -0.15) is 0 Å². The first-order valence-corrected chi connectivity index (χ1v) is 7.48. The Balaban J connectivity index is 2.43. The van der Waals surface area contributed by atoms with Gasteiger partial charge in [0.05, 0.1) is 0 Å². The monoisotopic (exact) mass is 255 g/mol. The molecule has 0 bridgehead atoms. The fourth-order valence-electron chi connectivity index (χ4n) is 2.91. The number of hydrogen-bond acceptors (Lipinski definition) is 3. The van der Waals surface area contributed by atoms with Crippen molar-refractivity contribution in [3.63, 3.8) is 0 Å². The Morgan fingerprint density at radius 1 is 1.28 bits per heavy atom. The highest BCUT2D eigenvalue weighted by atomic mass is 15.2. The normalized spacial score (nSPS) is 21.5. The third kappa shape index (κ3) is 4.52. The number of nitrogens with one attached hydrogen (secondary N) is 1. The smallest absolute Gasteiger partial charge is 0.0240 e. The zero-order valence-electron chi connectivity index (χ0n) is 13.3. The standard InChI is InChI=1S/C15H33N3/c1-7-18-10-8-13(9-11-18)17(6)12-14(16-5)15(2,3)4/h13-14,16H,7-12H2,1-6H3. The molecule has 0 aromatic heterocycles. The molecule has 1 N–H and O–H groups in total. The van der Waals surface area contributed by atoms with Gasteiger partial charge < -0.3 is 15.1 Å². The lowest BCUT2D eigenvalue weighted by Crippen LogP contribution is -2.51. The van der Waals surface area contributed by atoms with E-state index in [1.807, 2.05) is 0 Å². The lowest BCUT2D eigenvalue weighted by atomic mass is 9.86. The minimum atomic E-state index is 0.327. The molecule has 0 saturated carbocycles. The van der Waals surface area contributed by atoms with Gasteiger partial charge in [0.25, 0.3) is 0 Å². The molecule has 1 unspecified atom stereocenters. The summed E-state index contributed by atoms with van der Waals surface area (Å²) in [4.78, 5) is 5.13. The van der Waals surface area contributed by atoms with E-state index in [9.17, 15) is 0 Å². The van der Waals surface area contributed by atoms with Crippen molar-refractivity contribution in [3.05, 3.63) is 0 Å². The molecule has 0 aromatic rings. The predicted octanol–water partition coefficient (Wildman–Crippen LogP) is 2.04. The second-order valence-corrected chi connectivity index (χ2v) is 6.81. The van der Waals surface area contributed by atoms with Crippen molar-refractivity contribution in [1.29, 1.82) is 0 Å². The van der Waals surface area contributed by atoms with Crippen LogP contribution in [0.15, 0.2) is 0 Å². The Kier molecular flexibility index (Phi) is 6.09. The summed E-state index contributed by atoms with van der Waals surface area (Å²) >= 11 is 0. The fourth-order valence-corrected chi connectivity index (χ4v) is 2.91. The van der Waals surface area contributed by atoms with Crippen LogP contribution in [0.25, 0.3) is 0 Å². The van der Waals surface area contributed by atoms with E-state index in [0.29, 0.717) is 11.5 Å². The van der Waals surface area contributed by atoms with Gasteiger partial charge in [0.1, 0.15) is 0 Å². The molecule has 3 nitrogen and oxygen atoms in total. The number of likely N-dealkylation sites (tertiary alicyclic amines) is 1. The fraction of sp³-hybridized carbons (Fsp3) is 1.00. The van der Waals surface area contributed by atoms with E-state index < -0.39 is 0 Å². The molecule has 108 valence electrons. The van der Waals surface area contributed by atoms with E-state index in [1.165, 1.54) is 32.5 Å². The van der Waals surface area contributed by atoms with Crippen LogP contribution in [0.2, 0.25) is 0 Å². The van der Waals surface area contributed by atoms with Gasteiger partial charge in [-0.05, 0) is 52.0 Å². The minimum Gasteiger partial charge on any atom is -0.315 e. The highest BCUT2D eigenvalue weighted by Crippen LogP contribution is 2.22. The van der Waals surface area contributed by atoms with Gasteiger partial charge in [-0.25, -0.2) is 0 Å². The number of likely N-dealkylation sites (N-methyl/N-ethyl adjacent to an activating group) is 2. The Morgan fingerprint density at radius 3 is 2.22 bits per heavy atom. The largest absolute Gasteiger partial charge is 0.315 e. The van der Waals surface area contributed by atoms with E-state index in [-0.39, 0.29) is 0 Å². The van der Waals surface area contributed by atoms with Crippen molar-refractivity contribution in [2.45, 2.75) is 52.6 Å². The summed E-state index contributed by atoms with van der Waals surface area (Å²) in [6.07, 6.45) is 2.65. The number of piperidine rings is 1. The first kappa shape index (κ1) is 15.9. The molecule has 1 aliphatic heterocycles. The van der Waals surface area contributed by atoms with Crippen molar-refractivity contribution in [3.8, 4) is 0 Å². The molecule has 1 atom stereocenters. The van der Waals surface area contributed by atoms with Crippen molar-refractivity contribution < 1.29 is 0 Å². The second-order valence-electron chi connectivity index (χ2n) is 6.81. The molecule has 0 aromatic carbocycles. The van der Waals surface area contributed by atoms with Gasteiger partial charge in [0.15, 0.2) is 0 Å². The zero-order valence-corrected chi connectivity index (χ0v) is 13.3. The summed E-state index contributed by atoms with van der Waals surface area (Å²) in [7, 11) is 4.38. The molecule has 1 saturated heterocycles. The Hall–Kier alpha value is -0.120.